The van der Waals surface area contributed by atoms with Crippen LogP contribution in [0.5, 0.6) is 0 Å². The van der Waals surface area contributed by atoms with Crippen LogP contribution < -0.4 is 10.6 Å². The highest BCUT2D eigenvalue weighted by Gasteiger charge is 2.41. The molecule has 70 valence electrons. The fraction of sp³-hybridized carbons (Fsp3) is 1.00. The SMILES string of the molecule is CC(C)C1CNC2(CNC2)OC1. The Bertz CT molecular complexity index is 156. The Hall–Kier alpha value is -0.120. The van der Waals surface area contributed by atoms with Gasteiger partial charge in [-0.25, -0.2) is 0 Å². The zero-order valence-corrected chi connectivity index (χ0v) is 7.89. The van der Waals surface area contributed by atoms with Crippen LogP contribution in [0.1, 0.15) is 13.8 Å². The van der Waals surface area contributed by atoms with E-state index in [0.717, 1.165) is 32.2 Å². The summed E-state index contributed by atoms with van der Waals surface area (Å²) in [5.74, 6) is 1.42. The number of hydrogen-bond donors (Lipinski definition) is 2. The molecule has 1 atom stereocenters. The van der Waals surface area contributed by atoms with Crippen LogP contribution in [-0.4, -0.2) is 32.0 Å². The molecule has 0 saturated carbocycles. The summed E-state index contributed by atoms with van der Waals surface area (Å²) < 4.78 is 5.80. The minimum Gasteiger partial charge on any atom is -0.358 e. The number of nitrogens with one attached hydrogen (secondary N) is 2. The van der Waals surface area contributed by atoms with E-state index in [2.05, 4.69) is 24.5 Å². The van der Waals surface area contributed by atoms with Gasteiger partial charge in [-0.05, 0) is 11.8 Å². The Labute approximate surface area is 73.9 Å². The predicted octanol–water partition coefficient (Wildman–Crippen LogP) is 0.178. The van der Waals surface area contributed by atoms with Crippen LogP contribution in [0.2, 0.25) is 0 Å². The molecular formula is C9H18N2O. The normalized spacial score (nSPS) is 33.8. The Morgan fingerprint density at radius 3 is 2.50 bits per heavy atom. The molecular weight excluding hydrogens is 152 g/mol. The van der Waals surface area contributed by atoms with Crippen molar-refractivity contribution in [1.82, 2.24) is 10.6 Å². The topological polar surface area (TPSA) is 33.3 Å². The number of ether oxygens (including phenoxy) is 1. The number of rotatable bonds is 1. The van der Waals surface area contributed by atoms with Gasteiger partial charge in [-0.2, -0.15) is 0 Å². The van der Waals surface area contributed by atoms with Crippen LogP contribution in [0, 0.1) is 11.8 Å². The molecule has 2 aliphatic heterocycles. The highest BCUT2D eigenvalue weighted by atomic mass is 16.5. The van der Waals surface area contributed by atoms with Gasteiger partial charge in [-0.3, -0.25) is 5.32 Å². The minimum absolute atomic E-state index is 0.00535. The molecule has 0 aromatic carbocycles. The summed E-state index contributed by atoms with van der Waals surface area (Å²) in [6.45, 7) is 8.49. The molecule has 0 bridgehead atoms. The molecule has 2 aliphatic rings. The van der Waals surface area contributed by atoms with E-state index >= 15 is 0 Å². The molecule has 2 saturated heterocycles. The standard InChI is InChI=1S/C9H18N2O/c1-7(2)8-3-11-9(12-4-8)5-10-6-9/h7-8,10-11H,3-6H2,1-2H3. The van der Waals surface area contributed by atoms with Crippen molar-refractivity contribution in [2.75, 3.05) is 26.2 Å². The summed E-state index contributed by atoms with van der Waals surface area (Å²) in [5, 5.41) is 6.71. The summed E-state index contributed by atoms with van der Waals surface area (Å²) in [6, 6.07) is 0. The van der Waals surface area contributed by atoms with Crippen LogP contribution in [0.3, 0.4) is 0 Å². The van der Waals surface area contributed by atoms with E-state index in [1.807, 2.05) is 0 Å². The second-order valence-electron chi connectivity index (χ2n) is 4.29. The average molecular weight is 170 g/mol. The lowest BCUT2D eigenvalue weighted by atomic mass is 9.93. The molecule has 3 nitrogen and oxygen atoms in total. The van der Waals surface area contributed by atoms with Crippen LogP contribution in [0.4, 0.5) is 0 Å². The Balaban J connectivity index is 1.84. The maximum atomic E-state index is 5.80. The first-order chi connectivity index (χ1) is 5.72. The van der Waals surface area contributed by atoms with Crippen molar-refractivity contribution >= 4 is 0 Å². The number of hydrogen-bond acceptors (Lipinski definition) is 3. The quantitative estimate of drug-likeness (QED) is 0.589. The fourth-order valence-electron chi connectivity index (χ4n) is 1.70. The summed E-state index contributed by atoms with van der Waals surface area (Å²) >= 11 is 0. The summed E-state index contributed by atoms with van der Waals surface area (Å²) in [7, 11) is 0. The molecule has 2 fully saturated rings. The van der Waals surface area contributed by atoms with Crippen LogP contribution in [0.15, 0.2) is 0 Å². The lowest BCUT2D eigenvalue weighted by molar-refractivity contribution is -0.149. The van der Waals surface area contributed by atoms with Gasteiger partial charge in [0, 0.05) is 19.6 Å². The van der Waals surface area contributed by atoms with Gasteiger partial charge in [0.15, 0.2) is 0 Å². The largest absolute Gasteiger partial charge is 0.358 e. The van der Waals surface area contributed by atoms with Crippen molar-refractivity contribution in [3.05, 3.63) is 0 Å². The molecule has 1 unspecified atom stereocenters. The second kappa shape index (κ2) is 2.98. The van der Waals surface area contributed by atoms with E-state index < -0.39 is 0 Å². The second-order valence-corrected chi connectivity index (χ2v) is 4.29. The summed E-state index contributed by atoms with van der Waals surface area (Å²) in [4.78, 5) is 0. The first-order valence-electron chi connectivity index (χ1n) is 4.82. The van der Waals surface area contributed by atoms with Crippen LogP contribution in [0.25, 0.3) is 0 Å². The Morgan fingerprint density at radius 1 is 1.42 bits per heavy atom. The smallest absolute Gasteiger partial charge is 0.144 e. The third kappa shape index (κ3) is 1.37. The van der Waals surface area contributed by atoms with Gasteiger partial charge >= 0.3 is 0 Å². The van der Waals surface area contributed by atoms with Crippen LogP contribution >= 0.6 is 0 Å². The van der Waals surface area contributed by atoms with E-state index in [0.29, 0.717) is 5.92 Å². The third-order valence-corrected chi connectivity index (χ3v) is 3.02. The fourth-order valence-corrected chi connectivity index (χ4v) is 1.70. The van der Waals surface area contributed by atoms with E-state index in [1.54, 1.807) is 0 Å². The zero-order valence-electron chi connectivity index (χ0n) is 7.89. The Kier molecular flexibility index (Phi) is 2.10. The zero-order chi connectivity index (χ0) is 8.60. The Morgan fingerprint density at radius 2 is 2.17 bits per heavy atom. The van der Waals surface area contributed by atoms with E-state index in [4.69, 9.17) is 4.74 Å². The van der Waals surface area contributed by atoms with Gasteiger partial charge in [0.05, 0.1) is 6.61 Å². The van der Waals surface area contributed by atoms with Gasteiger partial charge in [-0.1, -0.05) is 13.8 Å². The molecule has 1 spiro atoms. The molecule has 12 heavy (non-hydrogen) atoms. The molecule has 0 aliphatic carbocycles. The van der Waals surface area contributed by atoms with E-state index in [1.165, 1.54) is 0 Å². The van der Waals surface area contributed by atoms with Gasteiger partial charge in [0.25, 0.3) is 0 Å². The minimum atomic E-state index is 0.00535. The van der Waals surface area contributed by atoms with E-state index in [-0.39, 0.29) is 5.72 Å². The molecule has 3 heteroatoms. The first kappa shape index (κ1) is 8.48. The maximum absolute atomic E-state index is 5.80. The van der Waals surface area contributed by atoms with E-state index in [9.17, 15) is 0 Å². The van der Waals surface area contributed by atoms with Crippen molar-refractivity contribution in [3.8, 4) is 0 Å². The van der Waals surface area contributed by atoms with Gasteiger partial charge in [0.2, 0.25) is 0 Å². The molecule has 2 rings (SSSR count). The molecule has 2 N–H and O–H groups in total. The predicted molar refractivity (Wildman–Crippen MR) is 47.9 cm³/mol. The van der Waals surface area contributed by atoms with Gasteiger partial charge in [0.1, 0.15) is 5.72 Å². The molecule has 0 aromatic heterocycles. The molecule has 0 aromatic rings. The van der Waals surface area contributed by atoms with Crippen molar-refractivity contribution in [2.45, 2.75) is 19.6 Å². The average Bonchev–Trinajstić information content (AvgIpc) is 2.02. The third-order valence-electron chi connectivity index (χ3n) is 3.02. The van der Waals surface area contributed by atoms with Crippen molar-refractivity contribution in [3.63, 3.8) is 0 Å². The summed E-state index contributed by atoms with van der Waals surface area (Å²) in [5.41, 5.74) is 0.00535. The summed E-state index contributed by atoms with van der Waals surface area (Å²) in [6.07, 6.45) is 0. The highest BCUT2D eigenvalue weighted by Crippen LogP contribution is 2.23. The first-order valence-corrected chi connectivity index (χ1v) is 4.82. The van der Waals surface area contributed by atoms with Crippen molar-refractivity contribution < 1.29 is 4.74 Å². The lowest BCUT2D eigenvalue weighted by Gasteiger charge is -2.48. The van der Waals surface area contributed by atoms with Crippen LogP contribution in [-0.2, 0) is 4.74 Å². The molecule has 2 heterocycles. The highest BCUT2D eigenvalue weighted by molar-refractivity contribution is 4.95. The van der Waals surface area contributed by atoms with Crippen molar-refractivity contribution in [1.29, 1.82) is 0 Å². The van der Waals surface area contributed by atoms with Gasteiger partial charge < -0.3 is 10.1 Å². The monoisotopic (exact) mass is 170 g/mol. The molecule has 0 radical (unpaired) electrons. The van der Waals surface area contributed by atoms with Crippen molar-refractivity contribution in [2.24, 2.45) is 11.8 Å². The van der Waals surface area contributed by atoms with Gasteiger partial charge in [-0.15, -0.1) is 0 Å². The maximum Gasteiger partial charge on any atom is 0.144 e. The lowest BCUT2D eigenvalue weighted by Crippen LogP contribution is -2.72. The molecule has 0 amide bonds.